The average molecular weight is 243 g/mol. The van der Waals surface area contributed by atoms with Crippen molar-refractivity contribution in [3.63, 3.8) is 0 Å². The molecular weight excluding hydrogens is 228 g/mol. The normalized spacial score (nSPS) is 19.1. The Balaban J connectivity index is 2.02. The molecular formula is C12H15F2NO2. The van der Waals surface area contributed by atoms with Crippen molar-refractivity contribution in [1.82, 2.24) is 5.32 Å². The van der Waals surface area contributed by atoms with Gasteiger partial charge in [0.25, 0.3) is 0 Å². The van der Waals surface area contributed by atoms with E-state index in [4.69, 9.17) is 5.11 Å². The molecule has 0 heterocycles. The van der Waals surface area contributed by atoms with Crippen LogP contribution >= 0.6 is 0 Å². The number of halogens is 2. The Hall–Kier alpha value is -1.04. The Kier molecular flexibility index (Phi) is 3.42. The highest BCUT2D eigenvalue weighted by Crippen LogP contribution is 2.35. The second-order valence-electron chi connectivity index (χ2n) is 4.47. The maximum absolute atomic E-state index is 13.3. The third-order valence-electron chi connectivity index (χ3n) is 3.16. The molecule has 2 rings (SSSR count). The lowest BCUT2D eigenvalue weighted by atomic mass is 10.1. The van der Waals surface area contributed by atoms with Gasteiger partial charge in [0, 0.05) is 12.1 Å². The van der Waals surface area contributed by atoms with Crippen LogP contribution in [-0.4, -0.2) is 28.9 Å². The molecule has 0 spiro atoms. The fraction of sp³-hybridized carbons (Fsp3) is 0.500. The summed E-state index contributed by atoms with van der Waals surface area (Å²) in [7, 11) is 0. The maximum atomic E-state index is 13.3. The van der Waals surface area contributed by atoms with Gasteiger partial charge in [-0.25, -0.2) is 8.78 Å². The molecule has 0 aromatic heterocycles. The van der Waals surface area contributed by atoms with E-state index < -0.39 is 17.7 Å². The highest BCUT2D eigenvalue weighted by atomic mass is 19.1. The second kappa shape index (κ2) is 4.68. The third-order valence-corrected chi connectivity index (χ3v) is 3.16. The summed E-state index contributed by atoms with van der Waals surface area (Å²) in [6, 6.07) is 3.48. The fourth-order valence-electron chi connectivity index (χ4n) is 1.79. The van der Waals surface area contributed by atoms with Gasteiger partial charge in [0.05, 0.1) is 18.3 Å². The molecule has 3 N–H and O–H groups in total. The molecule has 17 heavy (non-hydrogen) atoms. The molecule has 5 heteroatoms. The molecule has 1 aromatic carbocycles. The van der Waals surface area contributed by atoms with Crippen LogP contribution in [-0.2, 0) is 0 Å². The number of β-amino-alcohol motifs (C(OH)–C–C–N with tert-alkyl or cyclic N) is 1. The van der Waals surface area contributed by atoms with Gasteiger partial charge >= 0.3 is 0 Å². The molecule has 1 fully saturated rings. The Labute approximate surface area is 98.1 Å². The molecule has 1 aromatic rings. The van der Waals surface area contributed by atoms with Crippen LogP contribution in [0.4, 0.5) is 8.78 Å². The first-order valence-corrected chi connectivity index (χ1v) is 5.56. The van der Waals surface area contributed by atoms with Gasteiger partial charge in [0.2, 0.25) is 0 Å². The molecule has 3 nitrogen and oxygen atoms in total. The lowest BCUT2D eigenvalue weighted by molar-refractivity contribution is 0.147. The molecule has 0 amide bonds. The number of hydrogen-bond acceptors (Lipinski definition) is 3. The van der Waals surface area contributed by atoms with Gasteiger partial charge in [-0.1, -0.05) is 6.07 Å². The molecule has 1 unspecified atom stereocenters. The van der Waals surface area contributed by atoms with E-state index in [0.29, 0.717) is 0 Å². The number of aliphatic hydroxyl groups is 2. The van der Waals surface area contributed by atoms with E-state index in [1.807, 2.05) is 0 Å². The predicted molar refractivity (Wildman–Crippen MR) is 58.4 cm³/mol. The van der Waals surface area contributed by atoms with Crippen LogP contribution in [0, 0.1) is 11.6 Å². The number of rotatable bonds is 5. The smallest absolute Gasteiger partial charge is 0.131 e. The highest BCUT2D eigenvalue weighted by Gasteiger charge is 2.41. The van der Waals surface area contributed by atoms with Crippen LogP contribution in [0.25, 0.3) is 0 Å². The lowest BCUT2D eigenvalue weighted by Gasteiger charge is -2.18. The minimum absolute atomic E-state index is 0.0262. The van der Waals surface area contributed by atoms with E-state index in [1.54, 1.807) is 0 Å². The van der Waals surface area contributed by atoms with Gasteiger partial charge in [-0.2, -0.15) is 0 Å². The molecule has 0 aliphatic heterocycles. The summed E-state index contributed by atoms with van der Waals surface area (Å²) in [5, 5.41) is 21.7. The summed E-state index contributed by atoms with van der Waals surface area (Å²) in [4.78, 5) is 0. The number of aliphatic hydroxyl groups excluding tert-OH is 2. The first kappa shape index (κ1) is 12.4. The lowest BCUT2D eigenvalue weighted by Crippen LogP contribution is -2.37. The summed E-state index contributed by atoms with van der Waals surface area (Å²) < 4.78 is 26.7. The Morgan fingerprint density at radius 1 is 1.29 bits per heavy atom. The summed E-state index contributed by atoms with van der Waals surface area (Å²) in [6.45, 7) is -0.00210. The standard InChI is InChI=1S/C12H15F2NO2/c13-8-2-1-3-9(14)11(8)10(17)6-15-12(7-16)4-5-12/h1-3,10,15-17H,4-7H2. The van der Waals surface area contributed by atoms with Crippen molar-refractivity contribution >= 4 is 0 Å². The van der Waals surface area contributed by atoms with E-state index in [9.17, 15) is 13.9 Å². The predicted octanol–water partition coefficient (Wildman–Crippen LogP) is 1.11. The van der Waals surface area contributed by atoms with Gasteiger partial charge in [0.15, 0.2) is 0 Å². The summed E-state index contributed by atoms with van der Waals surface area (Å²) >= 11 is 0. The zero-order valence-electron chi connectivity index (χ0n) is 9.29. The van der Waals surface area contributed by atoms with Crippen LogP contribution < -0.4 is 5.32 Å². The number of nitrogens with one attached hydrogen (secondary N) is 1. The Morgan fingerprint density at radius 2 is 1.88 bits per heavy atom. The molecule has 94 valence electrons. The van der Waals surface area contributed by atoms with Crippen LogP contribution in [0.3, 0.4) is 0 Å². The summed E-state index contributed by atoms with van der Waals surface area (Å²) in [6.07, 6.45) is 0.381. The minimum atomic E-state index is -1.25. The molecule has 1 aliphatic rings. The van der Waals surface area contributed by atoms with E-state index >= 15 is 0 Å². The summed E-state index contributed by atoms with van der Waals surface area (Å²) in [5.74, 6) is -1.51. The highest BCUT2D eigenvalue weighted by molar-refractivity contribution is 5.22. The molecule has 0 saturated heterocycles. The molecule has 1 atom stereocenters. The first-order valence-electron chi connectivity index (χ1n) is 5.56. The van der Waals surface area contributed by atoms with E-state index in [1.165, 1.54) is 6.07 Å². The number of hydrogen-bond donors (Lipinski definition) is 3. The van der Waals surface area contributed by atoms with Crippen LogP contribution in [0.15, 0.2) is 18.2 Å². The van der Waals surface area contributed by atoms with Gasteiger partial charge in [-0.15, -0.1) is 0 Å². The van der Waals surface area contributed by atoms with Crippen molar-refractivity contribution in [2.45, 2.75) is 24.5 Å². The Morgan fingerprint density at radius 3 is 2.35 bits per heavy atom. The second-order valence-corrected chi connectivity index (χ2v) is 4.47. The van der Waals surface area contributed by atoms with Crippen LogP contribution in [0.2, 0.25) is 0 Å². The Bertz CT molecular complexity index is 387. The van der Waals surface area contributed by atoms with Gasteiger partial charge in [-0.05, 0) is 25.0 Å². The van der Waals surface area contributed by atoms with E-state index in [0.717, 1.165) is 25.0 Å². The quantitative estimate of drug-likeness (QED) is 0.726. The fourth-order valence-corrected chi connectivity index (χ4v) is 1.79. The van der Waals surface area contributed by atoms with Crippen molar-refractivity contribution in [3.05, 3.63) is 35.4 Å². The maximum Gasteiger partial charge on any atom is 0.131 e. The first-order chi connectivity index (χ1) is 8.08. The molecule has 0 bridgehead atoms. The zero-order chi connectivity index (χ0) is 12.5. The van der Waals surface area contributed by atoms with Gasteiger partial charge in [0.1, 0.15) is 11.6 Å². The van der Waals surface area contributed by atoms with Crippen molar-refractivity contribution in [2.24, 2.45) is 0 Å². The minimum Gasteiger partial charge on any atom is -0.394 e. The van der Waals surface area contributed by atoms with E-state index in [2.05, 4.69) is 5.32 Å². The van der Waals surface area contributed by atoms with Crippen molar-refractivity contribution < 1.29 is 19.0 Å². The van der Waals surface area contributed by atoms with Crippen LogP contribution in [0.1, 0.15) is 24.5 Å². The largest absolute Gasteiger partial charge is 0.394 e. The van der Waals surface area contributed by atoms with Crippen LogP contribution in [0.5, 0.6) is 0 Å². The molecule has 1 saturated carbocycles. The topological polar surface area (TPSA) is 52.5 Å². The number of benzene rings is 1. The van der Waals surface area contributed by atoms with Gasteiger partial charge in [-0.3, -0.25) is 0 Å². The molecule has 1 aliphatic carbocycles. The summed E-state index contributed by atoms with van der Waals surface area (Å²) in [5.41, 5.74) is -0.684. The van der Waals surface area contributed by atoms with E-state index in [-0.39, 0.29) is 24.3 Å². The monoisotopic (exact) mass is 243 g/mol. The van der Waals surface area contributed by atoms with Crippen molar-refractivity contribution in [3.8, 4) is 0 Å². The van der Waals surface area contributed by atoms with Crippen molar-refractivity contribution in [1.29, 1.82) is 0 Å². The third kappa shape index (κ3) is 2.62. The average Bonchev–Trinajstić information content (AvgIpc) is 3.07. The van der Waals surface area contributed by atoms with Gasteiger partial charge < -0.3 is 15.5 Å². The SMILES string of the molecule is OCC1(NCC(O)c2c(F)cccc2F)CC1. The zero-order valence-corrected chi connectivity index (χ0v) is 9.29. The molecule has 0 radical (unpaired) electrons. The van der Waals surface area contributed by atoms with Crippen molar-refractivity contribution in [2.75, 3.05) is 13.2 Å².